The van der Waals surface area contributed by atoms with Gasteiger partial charge in [-0.25, -0.2) is 4.98 Å². The predicted octanol–water partition coefficient (Wildman–Crippen LogP) is 2.76. The molecule has 1 aromatic carbocycles. The monoisotopic (exact) mass is 370 g/mol. The van der Waals surface area contributed by atoms with Gasteiger partial charge in [0.05, 0.1) is 22.7 Å². The summed E-state index contributed by atoms with van der Waals surface area (Å²) in [4.78, 5) is 29.3. The number of carbonyl (C=O) groups excluding carboxylic acids is 1. The van der Waals surface area contributed by atoms with Crippen molar-refractivity contribution in [3.05, 3.63) is 34.6 Å². The Bertz CT molecular complexity index is 908. The zero-order chi connectivity index (χ0) is 18.6. The van der Waals surface area contributed by atoms with Gasteiger partial charge >= 0.3 is 0 Å². The molecule has 26 heavy (non-hydrogen) atoms. The highest BCUT2D eigenvalue weighted by Gasteiger charge is 2.32. The fourth-order valence-electron chi connectivity index (χ4n) is 3.36. The van der Waals surface area contributed by atoms with E-state index in [1.807, 2.05) is 6.07 Å². The van der Waals surface area contributed by atoms with E-state index in [2.05, 4.69) is 16.4 Å². The number of aromatic nitrogens is 2. The van der Waals surface area contributed by atoms with Crippen LogP contribution in [0, 0.1) is 11.3 Å². The van der Waals surface area contributed by atoms with E-state index < -0.39 is 5.54 Å². The number of fused-ring (bicyclic) bond motifs is 1. The van der Waals surface area contributed by atoms with Crippen LogP contribution in [0.15, 0.2) is 34.2 Å². The number of benzene rings is 1. The second-order valence-electron chi connectivity index (χ2n) is 6.72. The predicted molar refractivity (Wildman–Crippen MR) is 102 cm³/mol. The minimum Gasteiger partial charge on any atom is -0.337 e. The maximum atomic E-state index is 12.4. The quantitative estimate of drug-likeness (QED) is 0.508. The number of hydrogen-bond donors (Lipinski definition) is 1. The highest BCUT2D eigenvalue weighted by atomic mass is 32.2. The fourth-order valence-corrected chi connectivity index (χ4v) is 4.13. The van der Waals surface area contributed by atoms with E-state index in [0.717, 1.165) is 25.7 Å². The highest BCUT2D eigenvalue weighted by Crippen LogP contribution is 2.27. The summed E-state index contributed by atoms with van der Waals surface area (Å²) in [6, 6.07) is 9.49. The van der Waals surface area contributed by atoms with Crippen molar-refractivity contribution in [3.8, 4) is 6.07 Å². The van der Waals surface area contributed by atoms with Crippen LogP contribution in [0.2, 0.25) is 0 Å². The molecule has 7 heteroatoms. The molecule has 1 aliphatic rings. The van der Waals surface area contributed by atoms with Crippen LogP contribution >= 0.6 is 11.8 Å². The summed E-state index contributed by atoms with van der Waals surface area (Å²) in [7, 11) is 1.66. The fraction of sp³-hybridized carbons (Fsp3) is 0.474. The minimum absolute atomic E-state index is 0.127. The van der Waals surface area contributed by atoms with Crippen LogP contribution in [0.3, 0.4) is 0 Å². The lowest BCUT2D eigenvalue weighted by atomic mass is 9.92. The number of nitrogens with one attached hydrogen (secondary N) is 1. The van der Waals surface area contributed by atoms with E-state index in [1.54, 1.807) is 25.2 Å². The van der Waals surface area contributed by atoms with Gasteiger partial charge in [0.2, 0.25) is 5.91 Å². The van der Waals surface area contributed by atoms with Crippen molar-refractivity contribution in [2.75, 3.05) is 5.75 Å². The molecule has 1 amide bonds. The molecule has 1 aromatic heterocycles. The van der Waals surface area contributed by atoms with Crippen LogP contribution in [0.5, 0.6) is 0 Å². The van der Waals surface area contributed by atoms with Crippen LogP contribution in [-0.2, 0) is 11.8 Å². The Morgan fingerprint density at radius 1 is 1.31 bits per heavy atom. The lowest BCUT2D eigenvalue weighted by Crippen LogP contribution is -2.47. The molecule has 0 radical (unpaired) electrons. The van der Waals surface area contributed by atoms with Crippen molar-refractivity contribution < 1.29 is 4.79 Å². The van der Waals surface area contributed by atoms with E-state index in [0.29, 0.717) is 28.9 Å². The molecule has 1 heterocycles. The van der Waals surface area contributed by atoms with Crippen molar-refractivity contribution in [1.29, 1.82) is 5.26 Å². The lowest BCUT2D eigenvalue weighted by molar-refractivity contribution is -0.120. The molecule has 1 N–H and O–H groups in total. The van der Waals surface area contributed by atoms with E-state index >= 15 is 0 Å². The summed E-state index contributed by atoms with van der Waals surface area (Å²) in [6.07, 6.45) is 5.54. The average Bonchev–Trinajstić information content (AvgIpc) is 2.89. The maximum absolute atomic E-state index is 12.4. The molecular formula is C19H22N4O2S. The zero-order valence-electron chi connectivity index (χ0n) is 14.8. The molecule has 0 aliphatic heterocycles. The summed E-state index contributed by atoms with van der Waals surface area (Å²) in [5, 5.41) is 13.6. The van der Waals surface area contributed by atoms with Crippen LogP contribution in [0.25, 0.3) is 10.9 Å². The molecule has 0 spiro atoms. The van der Waals surface area contributed by atoms with E-state index in [1.165, 1.54) is 16.3 Å². The normalized spacial score (nSPS) is 16.6. The molecule has 0 unspecified atom stereocenters. The largest absolute Gasteiger partial charge is 0.337 e. The number of hydrogen-bond acceptors (Lipinski definition) is 5. The molecule has 136 valence electrons. The first-order valence-electron chi connectivity index (χ1n) is 8.85. The van der Waals surface area contributed by atoms with E-state index in [9.17, 15) is 14.9 Å². The number of para-hydroxylation sites is 1. The summed E-state index contributed by atoms with van der Waals surface area (Å²) < 4.78 is 1.46. The van der Waals surface area contributed by atoms with Crippen LogP contribution in [-0.4, -0.2) is 26.8 Å². The molecule has 1 fully saturated rings. The third kappa shape index (κ3) is 3.91. The third-order valence-electron chi connectivity index (χ3n) is 4.82. The van der Waals surface area contributed by atoms with Crippen molar-refractivity contribution >= 4 is 28.6 Å². The zero-order valence-corrected chi connectivity index (χ0v) is 15.6. The molecule has 0 atom stereocenters. The molecule has 0 bridgehead atoms. The molecule has 1 saturated carbocycles. The summed E-state index contributed by atoms with van der Waals surface area (Å²) in [6.45, 7) is 0. The van der Waals surface area contributed by atoms with Gasteiger partial charge in [-0.3, -0.25) is 14.2 Å². The van der Waals surface area contributed by atoms with E-state index in [-0.39, 0.29) is 17.2 Å². The minimum atomic E-state index is -0.753. The van der Waals surface area contributed by atoms with Gasteiger partial charge in [-0.2, -0.15) is 5.26 Å². The average molecular weight is 370 g/mol. The Labute approximate surface area is 156 Å². The topological polar surface area (TPSA) is 87.8 Å². The molecule has 1 aliphatic carbocycles. The standard InChI is InChI=1S/C19H22N4O2S/c1-23-17(25)14-8-4-5-9-15(14)21-18(23)26-12-16(24)22-19(13-20)10-6-2-3-7-11-19/h4-5,8-9H,2-3,6-7,10-12H2,1H3,(H,22,24). The molecule has 0 saturated heterocycles. The Hall–Kier alpha value is -2.33. The van der Waals surface area contributed by atoms with Crippen LogP contribution in [0.1, 0.15) is 38.5 Å². The SMILES string of the molecule is Cn1c(SCC(=O)NC2(C#N)CCCCCC2)nc2ccccc2c1=O. The number of thioether (sulfide) groups is 1. The van der Waals surface area contributed by atoms with Gasteiger partial charge in [-0.1, -0.05) is 49.6 Å². The maximum Gasteiger partial charge on any atom is 0.261 e. The van der Waals surface area contributed by atoms with Gasteiger partial charge in [0.15, 0.2) is 5.16 Å². The first kappa shape index (κ1) is 18.5. The van der Waals surface area contributed by atoms with Gasteiger partial charge < -0.3 is 5.32 Å². The molecule has 3 rings (SSSR count). The van der Waals surface area contributed by atoms with Crippen molar-refractivity contribution in [3.63, 3.8) is 0 Å². The van der Waals surface area contributed by atoms with Crippen molar-refractivity contribution in [2.45, 2.75) is 49.2 Å². The molecular weight excluding hydrogens is 348 g/mol. The second kappa shape index (κ2) is 7.92. The summed E-state index contributed by atoms with van der Waals surface area (Å²) in [5.41, 5.74) is -0.261. The Morgan fingerprint density at radius 3 is 2.69 bits per heavy atom. The van der Waals surface area contributed by atoms with Gasteiger partial charge in [0.1, 0.15) is 5.54 Å². The van der Waals surface area contributed by atoms with E-state index in [4.69, 9.17) is 0 Å². The number of carbonyl (C=O) groups is 1. The highest BCUT2D eigenvalue weighted by molar-refractivity contribution is 7.99. The lowest BCUT2D eigenvalue weighted by Gasteiger charge is -2.26. The van der Waals surface area contributed by atoms with Gasteiger partial charge in [0, 0.05) is 7.05 Å². The number of rotatable bonds is 4. The first-order valence-corrected chi connectivity index (χ1v) is 9.84. The van der Waals surface area contributed by atoms with Gasteiger partial charge in [-0.15, -0.1) is 0 Å². The van der Waals surface area contributed by atoms with Crippen molar-refractivity contribution in [2.24, 2.45) is 7.05 Å². The van der Waals surface area contributed by atoms with Gasteiger partial charge in [0.25, 0.3) is 5.56 Å². The Morgan fingerprint density at radius 2 is 2.00 bits per heavy atom. The molecule has 2 aromatic rings. The number of amides is 1. The Balaban J connectivity index is 1.71. The number of nitriles is 1. The molecule has 6 nitrogen and oxygen atoms in total. The summed E-state index contributed by atoms with van der Waals surface area (Å²) in [5.74, 6) is -0.0666. The van der Waals surface area contributed by atoms with Crippen LogP contribution < -0.4 is 10.9 Å². The second-order valence-corrected chi connectivity index (χ2v) is 7.66. The van der Waals surface area contributed by atoms with Crippen LogP contribution in [0.4, 0.5) is 0 Å². The smallest absolute Gasteiger partial charge is 0.261 e. The first-order chi connectivity index (χ1) is 12.5. The third-order valence-corrected chi connectivity index (χ3v) is 5.85. The number of nitrogens with zero attached hydrogens (tertiary/aromatic N) is 3. The summed E-state index contributed by atoms with van der Waals surface area (Å²) >= 11 is 1.22. The van der Waals surface area contributed by atoms with Crippen molar-refractivity contribution in [1.82, 2.24) is 14.9 Å². The Kier molecular flexibility index (Phi) is 5.62. The van der Waals surface area contributed by atoms with Gasteiger partial charge in [-0.05, 0) is 25.0 Å².